The fraction of sp³-hybridized carbons (Fsp3) is 0.429. The highest BCUT2D eigenvalue weighted by atomic mass is 16.5. The molecule has 5 heteroatoms. The Kier molecular flexibility index (Phi) is 6.88. The summed E-state index contributed by atoms with van der Waals surface area (Å²) in [6.07, 6.45) is 6.86. The predicted octanol–water partition coefficient (Wildman–Crippen LogP) is 3.66. The molecule has 0 unspecified atom stereocenters. The number of aromatic nitrogens is 1. The van der Waals surface area contributed by atoms with Crippen molar-refractivity contribution < 1.29 is 4.74 Å². The Labute approximate surface area is 155 Å². The molecule has 1 saturated carbocycles. The van der Waals surface area contributed by atoms with Crippen LogP contribution in [0.5, 0.6) is 5.88 Å². The SMILES string of the molecule is CCNC(=NCc1ccnc(OCc2ccccc2)c1)NC1CCCC1. The van der Waals surface area contributed by atoms with Crippen LogP contribution in [0.2, 0.25) is 0 Å². The van der Waals surface area contributed by atoms with E-state index in [0.29, 0.717) is 25.1 Å². The van der Waals surface area contributed by atoms with Crippen LogP contribution >= 0.6 is 0 Å². The van der Waals surface area contributed by atoms with Crippen LogP contribution in [-0.4, -0.2) is 23.5 Å². The van der Waals surface area contributed by atoms with Crippen molar-refractivity contribution in [2.24, 2.45) is 4.99 Å². The summed E-state index contributed by atoms with van der Waals surface area (Å²) >= 11 is 0. The molecule has 26 heavy (non-hydrogen) atoms. The van der Waals surface area contributed by atoms with Crippen LogP contribution in [0, 0.1) is 0 Å². The molecule has 0 amide bonds. The summed E-state index contributed by atoms with van der Waals surface area (Å²) in [5, 5.41) is 6.87. The van der Waals surface area contributed by atoms with Gasteiger partial charge in [-0.15, -0.1) is 0 Å². The van der Waals surface area contributed by atoms with Gasteiger partial charge in [-0.1, -0.05) is 43.2 Å². The highest BCUT2D eigenvalue weighted by Crippen LogP contribution is 2.17. The normalized spacial score (nSPS) is 15.0. The second-order valence-corrected chi connectivity index (χ2v) is 6.60. The van der Waals surface area contributed by atoms with Gasteiger partial charge in [0.25, 0.3) is 0 Å². The van der Waals surface area contributed by atoms with Gasteiger partial charge in [0.05, 0.1) is 6.54 Å². The van der Waals surface area contributed by atoms with Crippen LogP contribution in [0.4, 0.5) is 0 Å². The second kappa shape index (κ2) is 9.80. The van der Waals surface area contributed by atoms with E-state index in [0.717, 1.165) is 23.6 Å². The number of rotatable bonds is 7. The van der Waals surface area contributed by atoms with Crippen LogP contribution in [0.15, 0.2) is 53.7 Å². The van der Waals surface area contributed by atoms with Gasteiger partial charge in [0.15, 0.2) is 5.96 Å². The lowest BCUT2D eigenvalue weighted by Gasteiger charge is -2.16. The van der Waals surface area contributed by atoms with Crippen molar-refractivity contribution in [3.05, 3.63) is 59.8 Å². The molecular weight excluding hydrogens is 324 g/mol. The van der Waals surface area contributed by atoms with Crippen LogP contribution < -0.4 is 15.4 Å². The average Bonchev–Trinajstić information content (AvgIpc) is 3.19. The van der Waals surface area contributed by atoms with Gasteiger partial charge in [0, 0.05) is 24.8 Å². The number of hydrogen-bond acceptors (Lipinski definition) is 3. The zero-order chi connectivity index (χ0) is 18.0. The van der Waals surface area contributed by atoms with Crippen molar-refractivity contribution in [1.29, 1.82) is 0 Å². The van der Waals surface area contributed by atoms with Crippen LogP contribution in [-0.2, 0) is 13.2 Å². The lowest BCUT2D eigenvalue weighted by Crippen LogP contribution is -2.42. The number of guanidine groups is 1. The Morgan fingerprint density at radius 1 is 1.15 bits per heavy atom. The predicted molar refractivity (Wildman–Crippen MR) is 105 cm³/mol. The average molecular weight is 352 g/mol. The molecule has 2 N–H and O–H groups in total. The molecule has 1 aliphatic rings. The first-order valence-corrected chi connectivity index (χ1v) is 9.50. The lowest BCUT2D eigenvalue weighted by molar-refractivity contribution is 0.293. The molecule has 0 aliphatic heterocycles. The van der Waals surface area contributed by atoms with Crippen molar-refractivity contribution in [3.8, 4) is 5.88 Å². The van der Waals surface area contributed by atoms with Gasteiger partial charge in [-0.2, -0.15) is 0 Å². The van der Waals surface area contributed by atoms with Gasteiger partial charge in [0.1, 0.15) is 6.61 Å². The fourth-order valence-corrected chi connectivity index (χ4v) is 3.11. The molecule has 1 heterocycles. The molecule has 1 aliphatic carbocycles. The van der Waals surface area contributed by atoms with Gasteiger partial charge >= 0.3 is 0 Å². The third kappa shape index (κ3) is 5.76. The van der Waals surface area contributed by atoms with E-state index in [-0.39, 0.29) is 0 Å². The molecule has 5 nitrogen and oxygen atoms in total. The first-order valence-electron chi connectivity index (χ1n) is 9.50. The number of nitrogens with one attached hydrogen (secondary N) is 2. The Balaban J connectivity index is 1.57. The van der Waals surface area contributed by atoms with Gasteiger partial charge in [-0.05, 0) is 37.0 Å². The minimum Gasteiger partial charge on any atom is -0.473 e. The minimum absolute atomic E-state index is 0.520. The third-order valence-electron chi connectivity index (χ3n) is 4.49. The van der Waals surface area contributed by atoms with E-state index >= 15 is 0 Å². The highest BCUT2D eigenvalue weighted by Gasteiger charge is 2.15. The smallest absolute Gasteiger partial charge is 0.213 e. The molecule has 3 rings (SSSR count). The number of ether oxygens (including phenoxy) is 1. The molecule has 0 atom stereocenters. The van der Waals surface area contributed by atoms with Crippen LogP contribution in [0.25, 0.3) is 0 Å². The van der Waals surface area contributed by atoms with Gasteiger partial charge in [0.2, 0.25) is 5.88 Å². The summed E-state index contributed by atoms with van der Waals surface area (Å²) < 4.78 is 5.80. The lowest BCUT2D eigenvalue weighted by atomic mass is 10.2. The molecule has 0 bridgehead atoms. The van der Waals surface area contributed by atoms with E-state index in [1.165, 1.54) is 25.7 Å². The summed E-state index contributed by atoms with van der Waals surface area (Å²) in [5.74, 6) is 1.53. The largest absolute Gasteiger partial charge is 0.473 e. The molecule has 0 radical (unpaired) electrons. The molecule has 138 valence electrons. The van der Waals surface area contributed by atoms with E-state index in [1.807, 2.05) is 42.5 Å². The van der Waals surface area contributed by atoms with Gasteiger partial charge < -0.3 is 15.4 Å². The van der Waals surface area contributed by atoms with E-state index in [4.69, 9.17) is 9.73 Å². The van der Waals surface area contributed by atoms with E-state index in [1.54, 1.807) is 6.20 Å². The van der Waals surface area contributed by atoms with E-state index in [2.05, 4.69) is 22.5 Å². The Hall–Kier alpha value is -2.56. The van der Waals surface area contributed by atoms with Gasteiger partial charge in [-0.3, -0.25) is 0 Å². The van der Waals surface area contributed by atoms with Crippen molar-refractivity contribution in [2.45, 2.75) is 51.8 Å². The monoisotopic (exact) mass is 352 g/mol. The Morgan fingerprint density at radius 2 is 1.96 bits per heavy atom. The molecule has 0 spiro atoms. The molecule has 1 aromatic carbocycles. The first-order chi connectivity index (χ1) is 12.8. The summed E-state index contributed by atoms with van der Waals surface area (Å²) in [5.41, 5.74) is 2.22. The highest BCUT2D eigenvalue weighted by molar-refractivity contribution is 5.80. The van der Waals surface area contributed by atoms with E-state index < -0.39 is 0 Å². The maximum atomic E-state index is 5.80. The first kappa shape index (κ1) is 18.2. The number of aliphatic imine (C=N–C) groups is 1. The maximum absolute atomic E-state index is 5.80. The quantitative estimate of drug-likeness (QED) is 0.590. The maximum Gasteiger partial charge on any atom is 0.213 e. The van der Waals surface area contributed by atoms with Crippen molar-refractivity contribution in [3.63, 3.8) is 0 Å². The third-order valence-corrected chi connectivity index (χ3v) is 4.49. The minimum atomic E-state index is 0.520. The summed E-state index contributed by atoms with van der Waals surface area (Å²) in [6.45, 7) is 4.08. The van der Waals surface area contributed by atoms with Crippen LogP contribution in [0.3, 0.4) is 0 Å². The van der Waals surface area contributed by atoms with Crippen molar-refractivity contribution in [2.75, 3.05) is 6.54 Å². The summed E-state index contributed by atoms with van der Waals surface area (Å²) in [4.78, 5) is 9.02. The standard InChI is InChI=1S/C21H28N4O/c1-2-22-21(25-19-10-6-7-11-19)24-15-18-12-13-23-20(14-18)26-16-17-8-4-3-5-9-17/h3-5,8-9,12-14,19H,2,6-7,10-11,15-16H2,1H3,(H2,22,24,25). The van der Waals surface area contributed by atoms with Crippen molar-refractivity contribution in [1.82, 2.24) is 15.6 Å². The number of nitrogens with zero attached hydrogens (tertiary/aromatic N) is 2. The second-order valence-electron chi connectivity index (χ2n) is 6.60. The Bertz CT molecular complexity index is 696. The number of hydrogen-bond donors (Lipinski definition) is 2. The van der Waals surface area contributed by atoms with Crippen LogP contribution in [0.1, 0.15) is 43.7 Å². The Morgan fingerprint density at radius 3 is 2.73 bits per heavy atom. The molecule has 1 fully saturated rings. The molecule has 0 saturated heterocycles. The molecule has 2 aromatic rings. The zero-order valence-electron chi connectivity index (χ0n) is 15.4. The van der Waals surface area contributed by atoms with Crippen molar-refractivity contribution >= 4 is 5.96 Å². The fourth-order valence-electron chi connectivity index (χ4n) is 3.11. The molecule has 1 aromatic heterocycles. The summed E-state index contributed by atoms with van der Waals surface area (Å²) in [7, 11) is 0. The number of pyridine rings is 1. The topological polar surface area (TPSA) is 58.5 Å². The zero-order valence-corrected chi connectivity index (χ0v) is 15.4. The molecular formula is C21H28N4O. The van der Waals surface area contributed by atoms with E-state index in [9.17, 15) is 0 Å². The van der Waals surface area contributed by atoms with Gasteiger partial charge in [-0.25, -0.2) is 9.98 Å². The summed E-state index contributed by atoms with van der Waals surface area (Å²) in [6, 6.07) is 14.6. The number of benzene rings is 1.